The Bertz CT molecular complexity index is 831. The van der Waals surface area contributed by atoms with Gasteiger partial charge in [0.15, 0.2) is 0 Å². The van der Waals surface area contributed by atoms with Gasteiger partial charge in [-0.05, 0) is 35.9 Å². The molecule has 2 aromatic carbocycles. The molecule has 1 heterocycles. The van der Waals surface area contributed by atoms with E-state index in [1.165, 1.54) is 0 Å². The summed E-state index contributed by atoms with van der Waals surface area (Å²) in [4.78, 5) is 12.1. The van der Waals surface area contributed by atoms with Gasteiger partial charge in [0.05, 0.1) is 28.4 Å². The smallest absolute Gasteiger partial charge is 0.228 e. The molecule has 23 heavy (non-hydrogen) atoms. The number of hydrogen-bond donors (Lipinski definition) is 1. The first-order valence-corrected chi connectivity index (χ1v) is 7.71. The Labute approximate surface area is 143 Å². The molecule has 0 aliphatic carbocycles. The van der Waals surface area contributed by atoms with Gasteiger partial charge in [-0.1, -0.05) is 41.4 Å². The normalized spacial score (nSPS) is 10.5. The Morgan fingerprint density at radius 2 is 1.87 bits per heavy atom. The Balaban J connectivity index is 1.66. The first kappa shape index (κ1) is 15.6. The molecule has 6 heteroatoms. The molecule has 0 radical (unpaired) electrons. The predicted octanol–water partition coefficient (Wildman–Crippen LogP) is 4.36. The maximum absolute atomic E-state index is 12.1. The second kappa shape index (κ2) is 6.86. The van der Waals surface area contributed by atoms with Crippen molar-refractivity contribution < 1.29 is 4.79 Å². The molecule has 1 amide bonds. The van der Waals surface area contributed by atoms with Gasteiger partial charge in [-0.3, -0.25) is 4.79 Å². The zero-order chi connectivity index (χ0) is 16.2. The number of rotatable bonds is 4. The summed E-state index contributed by atoms with van der Waals surface area (Å²) >= 11 is 11.8. The van der Waals surface area contributed by atoms with Crippen molar-refractivity contribution in [3.63, 3.8) is 0 Å². The lowest BCUT2D eigenvalue weighted by Crippen LogP contribution is -2.14. The first-order valence-electron chi connectivity index (χ1n) is 6.96. The van der Waals surface area contributed by atoms with Crippen LogP contribution in [0.25, 0.3) is 5.69 Å². The Morgan fingerprint density at radius 3 is 2.61 bits per heavy atom. The summed E-state index contributed by atoms with van der Waals surface area (Å²) in [5.41, 5.74) is 2.38. The zero-order valence-corrected chi connectivity index (χ0v) is 13.6. The fourth-order valence-electron chi connectivity index (χ4n) is 2.14. The molecule has 1 N–H and O–H groups in total. The van der Waals surface area contributed by atoms with E-state index in [4.69, 9.17) is 23.2 Å². The van der Waals surface area contributed by atoms with Crippen LogP contribution in [0.5, 0.6) is 0 Å². The van der Waals surface area contributed by atoms with E-state index >= 15 is 0 Å². The highest BCUT2D eigenvalue weighted by Gasteiger charge is 2.08. The molecule has 0 unspecified atom stereocenters. The van der Waals surface area contributed by atoms with Gasteiger partial charge >= 0.3 is 0 Å². The Kier molecular flexibility index (Phi) is 4.65. The maximum atomic E-state index is 12.1. The number of nitrogens with zero attached hydrogens (tertiary/aromatic N) is 2. The SMILES string of the molecule is O=C(Cc1cnn(-c2ccccc2)c1)Nc1ccc(Cl)c(Cl)c1. The molecule has 0 saturated heterocycles. The summed E-state index contributed by atoms with van der Waals surface area (Å²) in [6.45, 7) is 0. The van der Waals surface area contributed by atoms with Gasteiger partial charge in [0.25, 0.3) is 0 Å². The van der Waals surface area contributed by atoms with E-state index in [1.807, 2.05) is 36.5 Å². The third-order valence-corrected chi connectivity index (χ3v) is 3.96. The number of nitrogens with one attached hydrogen (secondary N) is 1. The monoisotopic (exact) mass is 345 g/mol. The number of carbonyl (C=O) groups excluding carboxylic acids is 1. The van der Waals surface area contributed by atoms with E-state index in [1.54, 1.807) is 29.1 Å². The van der Waals surface area contributed by atoms with Gasteiger partial charge in [-0.15, -0.1) is 0 Å². The highest BCUT2D eigenvalue weighted by molar-refractivity contribution is 6.42. The van der Waals surface area contributed by atoms with Gasteiger partial charge in [-0.2, -0.15) is 5.10 Å². The highest BCUT2D eigenvalue weighted by Crippen LogP contribution is 2.25. The van der Waals surface area contributed by atoms with Crippen molar-refractivity contribution in [2.45, 2.75) is 6.42 Å². The van der Waals surface area contributed by atoms with Crippen LogP contribution >= 0.6 is 23.2 Å². The molecule has 116 valence electrons. The summed E-state index contributed by atoms with van der Waals surface area (Å²) in [6, 6.07) is 14.7. The van der Waals surface area contributed by atoms with Crippen molar-refractivity contribution in [3.05, 3.63) is 76.5 Å². The number of anilines is 1. The van der Waals surface area contributed by atoms with Crippen LogP contribution < -0.4 is 5.32 Å². The van der Waals surface area contributed by atoms with Crippen LogP contribution in [0.3, 0.4) is 0 Å². The van der Waals surface area contributed by atoms with Crippen molar-refractivity contribution in [2.24, 2.45) is 0 Å². The van der Waals surface area contributed by atoms with E-state index in [0.717, 1.165) is 11.3 Å². The minimum atomic E-state index is -0.143. The zero-order valence-electron chi connectivity index (χ0n) is 12.0. The van der Waals surface area contributed by atoms with Crippen LogP contribution in [-0.4, -0.2) is 15.7 Å². The lowest BCUT2D eigenvalue weighted by Gasteiger charge is -2.05. The van der Waals surface area contributed by atoms with Crippen molar-refractivity contribution >= 4 is 34.8 Å². The largest absolute Gasteiger partial charge is 0.326 e. The summed E-state index contributed by atoms with van der Waals surface area (Å²) in [5, 5.41) is 7.92. The molecule has 0 spiro atoms. The molecule has 3 aromatic rings. The molecule has 4 nitrogen and oxygen atoms in total. The Hall–Kier alpha value is -2.30. The van der Waals surface area contributed by atoms with E-state index in [9.17, 15) is 4.79 Å². The Morgan fingerprint density at radius 1 is 1.09 bits per heavy atom. The second-order valence-corrected chi connectivity index (χ2v) is 5.80. The van der Waals surface area contributed by atoms with Gasteiger partial charge in [0.2, 0.25) is 5.91 Å². The minimum Gasteiger partial charge on any atom is -0.326 e. The molecule has 1 aromatic heterocycles. The molecule has 0 fully saturated rings. The van der Waals surface area contributed by atoms with Gasteiger partial charge in [0, 0.05) is 11.9 Å². The average Bonchev–Trinajstić information content (AvgIpc) is 3.00. The topological polar surface area (TPSA) is 46.9 Å². The molecular weight excluding hydrogens is 333 g/mol. The molecule has 0 bridgehead atoms. The summed E-state index contributed by atoms with van der Waals surface area (Å²) in [5.74, 6) is -0.143. The van der Waals surface area contributed by atoms with E-state index in [0.29, 0.717) is 15.7 Å². The molecule has 0 aliphatic rings. The second-order valence-electron chi connectivity index (χ2n) is 4.98. The van der Waals surface area contributed by atoms with E-state index in [-0.39, 0.29) is 12.3 Å². The van der Waals surface area contributed by atoms with E-state index < -0.39 is 0 Å². The van der Waals surface area contributed by atoms with Crippen LogP contribution in [0, 0.1) is 0 Å². The fourth-order valence-corrected chi connectivity index (χ4v) is 2.44. The summed E-state index contributed by atoms with van der Waals surface area (Å²) < 4.78 is 1.74. The van der Waals surface area contributed by atoms with Crippen molar-refractivity contribution in [3.8, 4) is 5.69 Å². The maximum Gasteiger partial charge on any atom is 0.228 e. The quantitative estimate of drug-likeness (QED) is 0.763. The van der Waals surface area contributed by atoms with Crippen molar-refractivity contribution in [2.75, 3.05) is 5.32 Å². The summed E-state index contributed by atoms with van der Waals surface area (Å²) in [7, 11) is 0. The number of carbonyl (C=O) groups is 1. The highest BCUT2D eigenvalue weighted by atomic mass is 35.5. The molecule has 0 saturated carbocycles. The number of hydrogen-bond acceptors (Lipinski definition) is 2. The van der Waals surface area contributed by atoms with Crippen LogP contribution in [0.4, 0.5) is 5.69 Å². The van der Waals surface area contributed by atoms with Gasteiger partial charge in [-0.25, -0.2) is 4.68 Å². The standard InChI is InChI=1S/C17H13Cl2N3O/c18-15-7-6-13(9-16(15)19)21-17(23)8-12-10-20-22(11-12)14-4-2-1-3-5-14/h1-7,9-11H,8H2,(H,21,23). The number of aromatic nitrogens is 2. The van der Waals surface area contributed by atoms with Gasteiger partial charge < -0.3 is 5.32 Å². The van der Waals surface area contributed by atoms with Crippen LogP contribution in [0.2, 0.25) is 10.0 Å². The van der Waals surface area contributed by atoms with Crippen LogP contribution in [0.1, 0.15) is 5.56 Å². The fraction of sp³-hybridized carbons (Fsp3) is 0.0588. The number of halogens is 2. The molecule has 0 aliphatic heterocycles. The number of para-hydroxylation sites is 1. The third-order valence-electron chi connectivity index (χ3n) is 3.22. The number of benzene rings is 2. The summed E-state index contributed by atoms with van der Waals surface area (Å²) in [6.07, 6.45) is 3.75. The predicted molar refractivity (Wildman–Crippen MR) is 92.4 cm³/mol. The van der Waals surface area contributed by atoms with E-state index in [2.05, 4.69) is 10.4 Å². The lowest BCUT2D eigenvalue weighted by molar-refractivity contribution is -0.115. The minimum absolute atomic E-state index is 0.143. The average molecular weight is 346 g/mol. The molecule has 3 rings (SSSR count). The van der Waals surface area contributed by atoms with Crippen molar-refractivity contribution in [1.82, 2.24) is 9.78 Å². The third kappa shape index (κ3) is 3.92. The number of amides is 1. The van der Waals surface area contributed by atoms with Crippen LogP contribution in [-0.2, 0) is 11.2 Å². The van der Waals surface area contributed by atoms with Crippen LogP contribution in [0.15, 0.2) is 60.9 Å². The molecule has 0 atom stereocenters. The van der Waals surface area contributed by atoms with Gasteiger partial charge in [0.1, 0.15) is 0 Å². The lowest BCUT2D eigenvalue weighted by atomic mass is 10.2. The molecular formula is C17H13Cl2N3O. The van der Waals surface area contributed by atoms with Crippen molar-refractivity contribution in [1.29, 1.82) is 0 Å². The first-order chi connectivity index (χ1) is 11.1.